The molecule has 2 rings (SSSR count). The number of aromatic nitrogens is 2. The van der Waals surface area contributed by atoms with Crippen molar-refractivity contribution in [2.45, 2.75) is 26.3 Å². The highest BCUT2D eigenvalue weighted by atomic mass is 35.5. The summed E-state index contributed by atoms with van der Waals surface area (Å²) < 4.78 is 15.0. The third kappa shape index (κ3) is 2.67. The molecule has 0 saturated carbocycles. The van der Waals surface area contributed by atoms with Gasteiger partial charge in [-0.3, -0.25) is 0 Å². The van der Waals surface area contributed by atoms with Crippen LogP contribution < -0.4 is 0 Å². The van der Waals surface area contributed by atoms with Crippen LogP contribution in [0.25, 0.3) is 0 Å². The molecule has 0 bridgehead atoms. The van der Waals surface area contributed by atoms with Crippen molar-refractivity contribution in [2.24, 2.45) is 0 Å². The van der Waals surface area contributed by atoms with Gasteiger partial charge in [0, 0.05) is 23.3 Å². The molecule has 0 aliphatic heterocycles. The highest BCUT2D eigenvalue weighted by Crippen LogP contribution is 2.20. The van der Waals surface area contributed by atoms with Gasteiger partial charge in [0.15, 0.2) is 0 Å². The Balaban J connectivity index is 2.28. The molecule has 0 unspecified atom stereocenters. The minimum absolute atomic E-state index is 0.312. The van der Waals surface area contributed by atoms with Crippen LogP contribution in [0.3, 0.4) is 0 Å². The molecule has 2 nitrogen and oxygen atoms in total. The summed E-state index contributed by atoms with van der Waals surface area (Å²) in [6.07, 6.45) is 3.68. The summed E-state index contributed by atoms with van der Waals surface area (Å²) in [6, 6.07) is 4.47. The van der Waals surface area contributed by atoms with Gasteiger partial charge >= 0.3 is 0 Å². The van der Waals surface area contributed by atoms with Crippen LogP contribution in [0, 0.1) is 5.82 Å². The Morgan fingerprint density at radius 3 is 2.82 bits per heavy atom. The van der Waals surface area contributed by atoms with Gasteiger partial charge in [-0.2, -0.15) is 0 Å². The second-order valence-corrected chi connectivity index (χ2v) is 4.71. The van der Waals surface area contributed by atoms with Crippen LogP contribution in [0.1, 0.15) is 31.2 Å². The Morgan fingerprint density at radius 2 is 2.18 bits per heavy atom. The number of hydrogen-bond donors (Lipinski definition) is 0. The van der Waals surface area contributed by atoms with Crippen LogP contribution in [-0.4, -0.2) is 9.55 Å². The minimum atomic E-state index is -0.312. The number of benzene rings is 1. The molecule has 1 aromatic carbocycles. The lowest BCUT2D eigenvalue weighted by Gasteiger charge is -2.11. The summed E-state index contributed by atoms with van der Waals surface area (Å²) in [6.45, 7) is 4.79. The van der Waals surface area contributed by atoms with E-state index in [2.05, 4.69) is 18.8 Å². The molecule has 90 valence electrons. The van der Waals surface area contributed by atoms with E-state index in [4.69, 9.17) is 11.6 Å². The first kappa shape index (κ1) is 12.1. The Labute approximate surface area is 105 Å². The quantitative estimate of drug-likeness (QED) is 0.811. The molecule has 2 aromatic rings. The zero-order chi connectivity index (χ0) is 12.4. The maximum absolute atomic E-state index is 12.9. The lowest BCUT2D eigenvalue weighted by molar-refractivity contribution is 0.624. The molecule has 0 aliphatic rings. The fraction of sp³-hybridized carbons (Fsp3) is 0.308. The van der Waals surface area contributed by atoms with Crippen LogP contribution in [0.4, 0.5) is 4.39 Å². The summed E-state index contributed by atoms with van der Waals surface area (Å²) in [7, 11) is 0. The van der Waals surface area contributed by atoms with E-state index >= 15 is 0 Å². The van der Waals surface area contributed by atoms with Gasteiger partial charge in [0.1, 0.15) is 11.6 Å². The Morgan fingerprint density at radius 1 is 1.41 bits per heavy atom. The van der Waals surface area contributed by atoms with Crippen molar-refractivity contribution in [3.05, 3.63) is 52.8 Å². The van der Waals surface area contributed by atoms with Crippen molar-refractivity contribution in [3.63, 3.8) is 0 Å². The Bertz CT molecular complexity index is 520. The predicted molar refractivity (Wildman–Crippen MR) is 66.8 cm³/mol. The molecular formula is C13H14ClFN2. The van der Waals surface area contributed by atoms with E-state index in [0.29, 0.717) is 17.5 Å². The predicted octanol–water partition coefficient (Wildman–Crippen LogP) is 3.85. The third-order valence-electron chi connectivity index (χ3n) is 2.62. The first-order chi connectivity index (χ1) is 8.08. The monoisotopic (exact) mass is 252 g/mol. The maximum Gasteiger partial charge on any atom is 0.124 e. The van der Waals surface area contributed by atoms with Gasteiger partial charge in [0.05, 0.1) is 6.54 Å². The van der Waals surface area contributed by atoms with Crippen LogP contribution >= 0.6 is 11.6 Å². The van der Waals surface area contributed by atoms with Gasteiger partial charge in [-0.1, -0.05) is 31.5 Å². The molecule has 17 heavy (non-hydrogen) atoms. The van der Waals surface area contributed by atoms with Crippen molar-refractivity contribution in [1.29, 1.82) is 0 Å². The molecule has 0 aliphatic carbocycles. The molecule has 4 heteroatoms. The van der Waals surface area contributed by atoms with Gasteiger partial charge in [-0.25, -0.2) is 9.37 Å². The zero-order valence-electron chi connectivity index (χ0n) is 9.82. The first-order valence-electron chi connectivity index (χ1n) is 5.53. The average Bonchev–Trinajstić information content (AvgIpc) is 2.70. The van der Waals surface area contributed by atoms with Crippen molar-refractivity contribution in [1.82, 2.24) is 9.55 Å². The maximum atomic E-state index is 12.9. The van der Waals surface area contributed by atoms with Crippen LogP contribution in [0.5, 0.6) is 0 Å². The number of rotatable bonds is 3. The zero-order valence-corrected chi connectivity index (χ0v) is 10.6. The second-order valence-electron chi connectivity index (χ2n) is 4.30. The molecule has 1 heterocycles. The standard InChI is InChI=1S/C13H14ClFN2/c1-9(2)13-16-5-6-17(13)8-10-3-4-11(15)7-12(10)14/h3-7,9H,8H2,1-2H3. The van der Waals surface area contributed by atoms with Crippen LogP contribution in [0.15, 0.2) is 30.6 Å². The molecule has 0 N–H and O–H groups in total. The van der Waals surface area contributed by atoms with Crippen molar-refractivity contribution in [2.75, 3.05) is 0 Å². The van der Waals surface area contributed by atoms with Crippen LogP contribution in [0.2, 0.25) is 5.02 Å². The van der Waals surface area contributed by atoms with E-state index in [1.165, 1.54) is 12.1 Å². The smallest absolute Gasteiger partial charge is 0.124 e. The molecular weight excluding hydrogens is 239 g/mol. The van der Waals surface area contributed by atoms with Crippen molar-refractivity contribution < 1.29 is 4.39 Å². The van der Waals surface area contributed by atoms with E-state index in [9.17, 15) is 4.39 Å². The molecule has 0 atom stereocenters. The van der Waals surface area contributed by atoms with Crippen LogP contribution in [-0.2, 0) is 6.54 Å². The summed E-state index contributed by atoms with van der Waals surface area (Å²) in [5.74, 6) is 1.04. The van der Waals surface area contributed by atoms with E-state index in [-0.39, 0.29) is 5.82 Å². The highest BCUT2D eigenvalue weighted by Gasteiger charge is 2.09. The van der Waals surface area contributed by atoms with Gasteiger partial charge in [0.25, 0.3) is 0 Å². The Kier molecular flexibility index (Phi) is 3.48. The van der Waals surface area contributed by atoms with Gasteiger partial charge < -0.3 is 4.57 Å². The minimum Gasteiger partial charge on any atom is -0.330 e. The number of imidazole rings is 1. The molecule has 0 radical (unpaired) electrons. The molecule has 0 saturated heterocycles. The average molecular weight is 253 g/mol. The highest BCUT2D eigenvalue weighted by molar-refractivity contribution is 6.31. The van der Waals surface area contributed by atoms with E-state index in [1.54, 1.807) is 12.3 Å². The van der Waals surface area contributed by atoms with Gasteiger partial charge in [-0.15, -0.1) is 0 Å². The fourth-order valence-electron chi connectivity index (χ4n) is 1.79. The van der Waals surface area contributed by atoms with Gasteiger partial charge in [0.2, 0.25) is 0 Å². The van der Waals surface area contributed by atoms with Crippen molar-refractivity contribution >= 4 is 11.6 Å². The normalized spacial score (nSPS) is 11.1. The van der Waals surface area contributed by atoms with E-state index in [1.807, 2.05) is 10.8 Å². The molecule has 1 aromatic heterocycles. The molecule has 0 spiro atoms. The number of halogens is 2. The fourth-order valence-corrected chi connectivity index (χ4v) is 2.02. The lowest BCUT2D eigenvalue weighted by Crippen LogP contribution is -2.06. The lowest BCUT2D eigenvalue weighted by atomic mass is 10.2. The largest absolute Gasteiger partial charge is 0.330 e. The molecule has 0 amide bonds. The van der Waals surface area contributed by atoms with E-state index in [0.717, 1.165) is 11.4 Å². The summed E-state index contributed by atoms with van der Waals surface area (Å²) in [4.78, 5) is 4.30. The number of hydrogen-bond acceptors (Lipinski definition) is 1. The summed E-state index contributed by atoms with van der Waals surface area (Å²) in [5, 5.41) is 0.452. The second kappa shape index (κ2) is 4.88. The molecule has 0 fully saturated rings. The topological polar surface area (TPSA) is 17.8 Å². The van der Waals surface area contributed by atoms with Gasteiger partial charge in [-0.05, 0) is 17.7 Å². The third-order valence-corrected chi connectivity index (χ3v) is 2.97. The van der Waals surface area contributed by atoms with E-state index < -0.39 is 0 Å². The van der Waals surface area contributed by atoms with Crippen molar-refractivity contribution in [3.8, 4) is 0 Å². The SMILES string of the molecule is CC(C)c1nccn1Cc1ccc(F)cc1Cl. The Hall–Kier alpha value is -1.35. The summed E-state index contributed by atoms with van der Waals surface area (Å²) in [5.41, 5.74) is 0.896. The first-order valence-corrected chi connectivity index (χ1v) is 5.90. The summed E-state index contributed by atoms with van der Waals surface area (Å²) >= 11 is 6.00. The number of nitrogens with zero attached hydrogens (tertiary/aromatic N) is 2.